The highest BCUT2D eigenvalue weighted by molar-refractivity contribution is 7.90. The van der Waals surface area contributed by atoms with Crippen LogP contribution >= 0.6 is 0 Å². The summed E-state index contributed by atoms with van der Waals surface area (Å²) < 4.78 is 41.0. The van der Waals surface area contributed by atoms with Crippen molar-refractivity contribution in [2.45, 2.75) is 39.3 Å². The molecule has 0 radical (unpaired) electrons. The van der Waals surface area contributed by atoms with Gasteiger partial charge in [0.25, 0.3) is 0 Å². The van der Waals surface area contributed by atoms with Gasteiger partial charge in [0, 0.05) is 23.9 Å². The Hall–Kier alpha value is -1.14. The van der Waals surface area contributed by atoms with Gasteiger partial charge in [0.15, 0.2) is 0 Å². The quantitative estimate of drug-likeness (QED) is 0.785. The van der Waals surface area contributed by atoms with Crippen molar-refractivity contribution in [1.29, 1.82) is 0 Å². The van der Waals surface area contributed by atoms with Crippen LogP contribution in [0.25, 0.3) is 0 Å². The third kappa shape index (κ3) is 8.02. The molecule has 1 aromatic carbocycles. The first kappa shape index (κ1) is 17.9. The fourth-order valence-electron chi connectivity index (χ4n) is 1.69. The average Bonchev–Trinajstić information content (AvgIpc) is 2.31. The van der Waals surface area contributed by atoms with E-state index < -0.39 is 9.84 Å². The standard InChI is InChI=1S/C15H24FNO3S/c1-15(2,3)17-11-12-10-13(16)6-7-14(12)20-8-5-9-21(4,18)19/h6-7,10,17H,5,8-9,11H2,1-4H3. The van der Waals surface area contributed by atoms with Gasteiger partial charge in [-0.25, -0.2) is 12.8 Å². The third-order valence-corrected chi connectivity index (χ3v) is 3.78. The van der Waals surface area contributed by atoms with Gasteiger partial charge >= 0.3 is 0 Å². The van der Waals surface area contributed by atoms with Crippen LogP contribution in [0.1, 0.15) is 32.8 Å². The second-order valence-electron chi connectivity index (χ2n) is 6.19. The molecule has 0 aromatic heterocycles. The summed E-state index contributed by atoms with van der Waals surface area (Å²) in [6, 6.07) is 4.35. The molecule has 0 atom stereocenters. The Labute approximate surface area is 126 Å². The number of halogens is 1. The summed E-state index contributed by atoms with van der Waals surface area (Å²) in [4.78, 5) is 0. The van der Waals surface area contributed by atoms with E-state index >= 15 is 0 Å². The molecule has 1 N–H and O–H groups in total. The number of ether oxygens (including phenoxy) is 1. The summed E-state index contributed by atoms with van der Waals surface area (Å²) >= 11 is 0. The van der Waals surface area contributed by atoms with Crippen molar-refractivity contribution >= 4 is 9.84 Å². The van der Waals surface area contributed by atoms with Crippen LogP contribution < -0.4 is 10.1 Å². The normalized spacial score (nSPS) is 12.4. The van der Waals surface area contributed by atoms with Gasteiger partial charge in [-0.2, -0.15) is 0 Å². The molecule has 21 heavy (non-hydrogen) atoms. The molecule has 0 aliphatic heterocycles. The molecule has 4 nitrogen and oxygen atoms in total. The average molecular weight is 317 g/mol. The van der Waals surface area contributed by atoms with Crippen molar-refractivity contribution in [3.63, 3.8) is 0 Å². The van der Waals surface area contributed by atoms with Crippen molar-refractivity contribution < 1.29 is 17.5 Å². The molecule has 0 bridgehead atoms. The molecule has 0 fully saturated rings. The van der Waals surface area contributed by atoms with Gasteiger partial charge in [0.1, 0.15) is 21.4 Å². The Morgan fingerprint density at radius 1 is 1.29 bits per heavy atom. The van der Waals surface area contributed by atoms with Crippen LogP contribution in [0.4, 0.5) is 4.39 Å². The maximum atomic E-state index is 13.3. The summed E-state index contributed by atoms with van der Waals surface area (Å²) in [7, 11) is -2.98. The van der Waals surface area contributed by atoms with Crippen molar-refractivity contribution in [3.8, 4) is 5.75 Å². The molecule has 0 spiro atoms. The highest BCUT2D eigenvalue weighted by Crippen LogP contribution is 2.20. The predicted molar refractivity (Wildman–Crippen MR) is 82.8 cm³/mol. The molecule has 0 saturated carbocycles. The number of hydrogen-bond donors (Lipinski definition) is 1. The summed E-state index contributed by atoms with van der Waals surface area (Å²) in [5, 5.41) is 3.28. The first-order valence-electron chi connectivity index (χ1n) is 6.91. The summed E-state index contributed by atoms with van der Waals surface area (Å²) in [5.74, 6) is 0.356. The lowest BCUT2D eigenvalue weighted by molar-refractivity contribution is 0.310. The van der Waals surface area contributed by atoms with Gasteiger partial charge in [0.05, 0.1) is 12.4 Å². The van der Waals surface area contributed by atoms with Crippen LogP contribution in [0.5, 0.6) is 5.75 Å². The van der Waals surface area contributed by atoms with Crippen LogP contribution in [0.2, 0.25) is 0 Å². The monoisotopic (exact) mass is 317 g/mol. The third-order valence-electron chi connectivity index (χ3n) is 2.75. The van der Waals surface area contributed by atoms with Crippen LogP contribution in [0, 0.1) is 5.82 Å². The van der Waals surface area contributed by atoms with Crippen LogP contribution in [-0.4, -0.2) is 32.6 Å². The summed E-state index contributed by atoms with van der Waals surface area (Å²) in [6.07, 6.45) is 1.62. The van der Waals surface area contributed by atoms with Crippen molar-refractivity contribution in [3.05, 3.63) is 29.6 Å². The van der Waals surface area contributed by atoms with E-state index in [-0.39, 0.29) is 17.1 Å². The van der Waals surface area contributed by atoms with E-state index in [0.717, 1.165) is 5.56 Å². The molecule has 0 unspecified atom stereocenters. The second kappa shape index (κ2) is 7.22. The molecule has 0 aliphatic carbocycles. The van der Waals surface area contributed by atoms with Crippen molar-refractivity contribution in [1.82, 2.24) is 5.32 Å². The Bertz CT molecular complexity index is 565. The van der Waals surface area contributed by atoms with E-state index in [0.29, 0.717) is 25.3 Å². The van der Waals surface area contributed by atoms with E-state index in [4.69, 9.17) is 4.74 Å². The zero-order valence-corrected chi connectivity index (χ0v) is 13.9. The van der Waals surface area contributed by atoms with Crippen LogP contribution in [-0.2, 0) is 16.4 Å². The predicted octanol–water partition coefficient (Wildman–Crippen LogP) is 2.53. The van der Waals surface area contributed by atoms with Gasteiger partial charge in [-0.15, -0.1) is 0 Å². The molecule has 6 heteroatoms. The van der Waals surface area contributed by atoms with Crippen molar-refractivity contribution in [2.24, 2.45) is 0 Å². The SMILES string of the molecule is CC(C)(C)NCc1cc(F)ccc1OCCCS(C)(=O)=O. The van der Waals surface area contributed by atoms with Crippen LogP contribution in [0.15, 0.2) is 18.2 Å². The molecular formula is C15H24FNO3S. The molecular weight excluding hydrogens is 293 g/mol. The summed E-state index contributed by atoms with van der Waals surface area (Å²) in [6.45, 7) is 6.86. The van der Waals surface area contributed by atoms with E-state index in [1.165, 1.54) is 18.4 Å². The van der Waals surface area contributed by atoms with Crippen LogP contribution in [0.3, 0.4) is 0 Å². The first-order valence-corrected chi connectivity index (χ1v) is 8.97. The maximum absolute atomic E-state index is 13.3. The van der Waals surface area contributed by atoms with E-state index in [1.54, 1.807) is 6.07 Å². The van der Waals surface area contributed by atoms with E-state index in [9.17, 15) is 12.8 Å². The minimum atomic E-state index is -2.98. The largest absolute Gasteiger partial charge is 0.493 e. The fraction of sp³-hybridized carbons (Fsp3) is 0.600. The molecule has 0 heterocycles. The lowest BCUT2D eigenvalue weighted by atomic mass is 10.1. The molecule has 120 valence electrons. The Kier molecular flexibility index (Phi) is 6.16. The highest BCUT2D eigenvalue weighted by Gasteiger charge is 2.12. The number of sulfone groups is 1. The Morgan fingerprint density at radius 2 is 1.95 bits per heavy atom. The first-order chi connectivity index (χ1) is 9.57. The molecule has 0 saturated heterocycles. The summed E-state index contributed by atoms with van der Waals surface area (Å²) in [5.41, 5.74) is 0.643. The van der Waals surface area contributed by atoms with Gasteiger partial charge in [-0.3, -0.25) is 0 Å². The highest BCUT2D eigenvalue weighted by atomic mass is 32.2. The lowest BCUT2D eigenvalue weighted by Crippen LogP contribution is -2.35. The lowest BCUT2D eigenvalue weighted by Gasteiger charge is -2.21. The fourth-order valence-corrected chi connectivity index (χ4v) is 2.33. The minimum absolute atomic E-state index is 0.0835. The Balaban J connectivity index is 2.64. The Morgan fingerprint density at radius 3 is 2.52 bits per heavy atom. The molecule has 0 aliphatic rings. The number of hydrogen-bond acceptors (Lipinski definition) is 4. The second-order valence-corrected chi connectivity index (χ2v) is 8.45. The van der Waals surface area contributed by atoms with Crippen molar-refractivity contribution in [2.75, 3.05) is 18.6 Å². The van der Waals surface area contributed by atoms with E-state index in [2.05, 4.69) is 5.32 Å². The van der Waals surface area contributed by atoms with Gasteiger partial charge < -0.3 is 10.1 Å². The molecule has 1 rings (SSSR count). The van der Waals surface area contributed by atoms with Gasteiger partial charge in [-0.1, -0.05) is 0 Å². The minimum Gasteiger partial charge on any atom is -0.493 e. The number of benzene rings is 1. The van der Waals surface area contributed by atoms with E-state index in [1.807, 2.05) is 20.8 Å². The zero-order valence-electron chi connectivity index (χ0n) is 13.1. The van der Waals surface area contributed by atoms with Gasteiger partial charge in [0.2, 0.25) is 0 Å². The van der Waals surface area contributed by atoms with Gasteiger partial charge in [-0.05, 0) is 45.4 Å². The molecule has 0 amide bonds. The zero-order chi connectivity index (χ0) is 16.1. The topological polar surface area (TPSA) is 55.4 Å². The number of nitrogens with one attached hydrogen (secondary N) is 1. The maximum Gasteiger partial charge on any atom is 0.147 e. The molecule has 1 aromatic rings. The number of rotatable bonds is 7. The smallest absolute Gasteiger partial charge is 0.147 e.